The number of fused-ring (bicyclic) bond motifs is 1. The Kier molecular flexibility index (Phi) is 6.67. The molecule has 36 heavy (non-hydrogen) atoms. The van der Waals surface area contributed by atoms with E-state index in [0.717, 1.165) is 46.8 Å². The molecule has 1 atom stereocenters. The maximum atomic E-state index is 9.50. The molecule has 1 saturated heterocycles. The molecule has 4 heterocycles. The molecule has 180 valence electrons. The molecule has 1 aliphatic rings. The first kappa shape index (κ1) is 23.2. The van der Waals surface area contributed by atoms with Crippen LogP contribution in [0.5, 0.6) is 0 Å². The monoisotopic (exact) mass is 477 g/mol. The number of guanidine groups is 1. The third-order valence-electron chi connectivity index (χ3n) is 6.41. The molecular weight excluding hydrogens is 450 g/mol. The van der Waals surface area contributed by atoms with Crippen LogP contribution < -0.4 is 10.2 Å². The number of hydrogen-bond acceptors (Lipinski definition) is 7. The second-order valence-electron chi connectivity index (χ2n) is 8.99. The molecule has 9 heteroatoms. The SMILES string of the molecule is CC(C)C1CN(c2cncc(-c3cccnc3)n2)CCN1/C(=N\C#N)Nc1cccc2ncccc12. The van der Waals surface area contributed by atoms with Gasteiger partial charge in [0.2, 0.25) is 12.2 Å². The van der Waals surface area contributed by atoms with Crippen LogP contribution in [0.2, 0.25) is 0 Å². The van der Waals surface area contributed by atoms with Crippen LogP contribution in [-0.4, -0.2) is 56.5 Å². The Hall–Kier alpha value is -4.58. The van der Waals surface area contributed by atoms with Crippen LogP contribution in [0, 0.1) is 17.4 Å². The van der Waals surface area contributed by atoms with Crippen molar-refractivity contribution in [2.75, 3.05) is 29.9 Å². The molecule has 9 nitrogen and oxygen atoms in total. The lowest BCUT2D eigenvalue weighted by atomic mass is 9.99. The summed E-state index contributed by atoms with van der Waals surface area (Å²) in [6.07, 6.45) is 10.9. The van der Waals surface area contributed by atoms with E-state index in [9.17, 15) is 5.26 Å². The number of aliphatic imine (C=N–C) groups is 1. The summed E-state index contributed by atoms with van der Waals surface area (Å²) < 4.78 is 0. The molecule has 1 aromatic carbocycles. The van der Waals surface area contributed by atoms with E-state index in [1.54, 1.807) is 31.0 Å². The van der Waals surface area contributed by atoms with Crippen molar-refractivity contribution < 1.29 is 0 Å². The van der Waals surface area contributed by atoms with Gasteiger partial charge in [0.25, 0.3) is 0 Å². The maximum Gasteiger partial charge on any atom is 0.214 e. The van der Waals surface area contributed by atoms with Crippen LogP contribution in [0.25, 0.3) is 22.2 Å². The smallest absolute Gasteiger partial charge is 0.214 e. The molecule has 5 rings (SSSR count). The van der Waals surface area contributed by atoms with Crippen molar-refractivity contribution in [3.8, 4) is 17.5 Å². The molecule has 0 radical (unpaired) electrons. The van der Waals surface area contributed by atoms with Crippen LogP contribution in [0.3, 0.4) is 0 Å². The van der Waals surface area contributed by atoms with Crippen molar-refractivity contribution in [1.29, 1.82) is 5.26 Å². The highest BCUT2D eigenvalue weighted by Crippen LogP contribution is 2.26. The first-order valence-electron chi connectivity index (χ1n) is 12.0. The number of hydrogen-bond donors (Lipinski definition) is 1. The molecule has 1 aliphatic heterocycles. The Balaban J connectivity index is 1.40. The van der Waals surface area contributed by atoms with E-state index in [-0.39, 0.29) is 6.04 Å². The van der Waals surface area contributed by atoms with Crippen molar-refractivity contribution in [3.63, 3.8) is 0 Å². The van der Waals surface area contributed by atoms with Gasteiger partial charge in [0, 0.05) is 49.2 Å². The molecule has 0 saturated carbocycles. The normalized spacial score (nSPS) is 16.3. The third kappa shape index (κ3) is 4.79. The maximum absolute atomic E-state index is 9.50. The van der Waals surface area contributed by atoms with Crippen LogP contribution in [0.4, 0.5) is 11.5 Å². The van der Waals surface area contributed by atoms with E-state index in [1.165, 1.54) is 0 Å². The van der Waals surface area contributed by atoms with Crippen molar-refractivity contribution in [3.05, 3.63) is 73.4 Å². The number of nitrogens with zero attached hydrogens (tertiary/aromatic N) is 8. The van der Waals surface area contributed by atoms with Gasteiger partial charge < -0.3 is 15.1 Å². The van der Waals surface area contributed by atoms with Gasteiger partial charge in [-0.2, -0.15) is 5.26 Å². The number of anilines is 2. The molecule has 1 unspecified atom stereocenters. The summed E-state index contributed by atoms with van der Waals surface area (Å²) in [6.45, 7) is 6.50. The Morgan fingerprint density at radius 3 is 2.75 bits per heavy atom. The summed E-state index contributed by atoms with van der Waals surface area (Å²) in [6, 6.07) is 13.8. The standard InChI is InChI=1S/C27H27N9/c1-19(2)25-17-35(26-16-30-15-24(33-26)20-6-4-10-29-14-20)12-13-36(25)27(32-18-28)34-23-9-3-8-22-21(23)7-5-11-31-22/h3-11,14-16,19,25H,12-13,17H2,1-2H3,(H,32,34). The highest BCUT2D eigenvalue weighted by atomic mass is 15.4. The van der Waals surface area contributed by atoms with Gasteiger partial charge in [-0.15, -0.1) is 4.99 Å². The van der Waals surface area contributed by atoms with E-state index >= 15 is 0 Å². The average molecular weight is 478 g/mol. The Morgan fingerprint density at radius 1 is 1.06 bits per heavy atom. The van der Waals surface area contributed by atoms with Gasteiger partial charge in [-0.3, -0.25) is 15.0 Å². The van der Waals surface area contributed by atoms with Crippen molar-refractivity contribution in [2.45, 2.75) is 19.9 Å². The van der Waals surface area contributed by atoms with Gasteiger partial charge in [-0.1, -0.05) is 19.9 Å². The number of piperazine rings is 1. The van der Waals surface area contributed by atoms with Crippen molar-refractivity contribution >= 4 is 28.4 Å². The Morgan fingerprint density at radius 2 is 1.94 bits per heavy atom. The second kappa shape index (κ2) is 10.4. The van der Waals surface area contributed by atoms with E-state index in [4.69, 9.17) is 4.98 Å². The number of nitriles is 1. The van der Waals surface area contributed by atoms with Crippen LogP contribution in [-0.2, 0) is 0 Å². The topological polar surface area (TPSA) is 106 Å². The lowest BCUT2D eigenvalue weighted by Crippen LogP contribution is -2.58. The van der Waals surface area contributed by atoms with Crippen molar-refractivity contribution in [1.82, 2.24) is 24.8 Å². The summed E-state index contributed by atoms with van der Waals surface area (Å²) in [5.74, 6) is 1.68. The fraction of sp³-hybridized carbons (Fsp3) is 0.259. The molecule has 0 aliphatic carbocycles. The lowest BCUT2D eigenvalue weighted by molar-refractivity contribution is 0.224. The largest absolute Gasteiger partial charge is 0.351 e. The van der Waals surface area contributed by atoms with Crippen molar-refractivity contribution in [2.24, 2.45) is 10.9 Å². The molecule has 3 aromatic heterocycles. The van der Waals surface area contributed by atoms with Gasteiger partial charge in [0.05, 0.1) is 35.3 Å². The molecule has 0 bridgehead atoms. The van der Waals surface area contributed by atoms with Crippen LogP contribution in [0.1, 0.15) is 13.8 Å². The zero-order valence-corrected chi connectivity index (χ0v) is 20.3. The molecule has 4 aromatic rings. The predicted octanol–water partition coefficient (Wildman–Crippen LogP) is 4.18. The van der Waals surface area contributed by atoms with Gasteiger partial charge >= 0.3 is 0 Å². The number of pyridine rings is 2. The van der Waals surface area contributed by atoms with Gasteiger partial charge in [-0.05, 0) is 42.3 Å². The summed E-state index contributed by atoms with van der Waals surface area (Å²) in [7, 11) is 0. The van der Waals surface area contributed by atoms with Gasteiger partial charge in [0.1, 0.15) is 5.82 Å². The predicted molar refractivity (Wildman–Crippen MR) is 141 cm³/mol. The van der Waals surface area contributed by atoms with E-state index in [0.29, 0.717) is 18.4 Å². The molecular formula is C27H27N9. The lowest BCUT2D eigenvalue weighted by Gasteiger charge is -2.45. The minimum absolute atomic E-state index is 0.107. The third-order valence-corrected chi connectivity index (χ3v) is 6.41. The van der Waals surface area contributed by atoms with Crippen LogP contribution >= 0.6 is 0 Å². The Bertz CT molecular complexity index is 1410. The summed E-state index contributed by atoms with van der Waals surface area (Å²) in [5, 5.41) is 13.9. The number of benzene rings is 1. The summed E-state index contributed by atoms with van der Waals surface area (Å²) >= 11 is 0. The zero-order chi connectivity index (χ0) is 24.9. The van der Waals surface area contributed by atoms with E-state index < -0.39 is 0 Å². The highest BCUT2D eigenvalue weighted by molar-refractivity contribution is 6.02. The molecule has 1 N–H and O–H groups in total. The van der Waals surface area contributed by atoms with Gasteiger partial charge in [0.15, 0.2) is 0 Å². The van der Waals surface area contributed by atoms with E-state index in [2.05, 4.69) is 48.9 Å². The summed E-state index contributed by atoms with van der Waals surface area (Å²) in [4.78, 5) is 26.6. The van der Waals surface area contributed by atoms with Crippen LogP contribution in [0.15, 0.2) is 78.4 Å². The van der Waals surface area contributed by atoms with E-state index in [1.807, 2.05) is 48.7 Å². The minimum atomic E-state index is 0.107. The second-order valence-corrected chi connectivity index (χ2v) is 8.99. The Labute approximate surface area is 210 Å². The molecule has 1 fully saturated rings. The quantitative estimate of drug-likeness (QED) is 0.265. The fourth-order valence-corrected chi connectivity index (χ4v) is 4.56. The molecule has 0 spiro atoms. The minimum Gasteiger partial charge on any atom is -0.351 e. The van der Waals surface area contributed by atoms with Gasteiger partial charge in [-0.25, -0.2) is 4.98 Å². The highest BCUT2D eigenvalue weighted by Gasteiger charge is 2.32. The fourth-order valence-electron chi connectivity index (χ4n) is 4.56. The first-order valence-corrected chi connectivity index (χ1v) is 12.0. The average Bonchev–Trinajstić information content (AvgIpc) is 2.93. The summed E-state index contributed by atoms with van der Waals surface area (Å²) in [5.41, 5.74) is 3.48. The first-order chi connectivity index (χ1) is 17.6. The number of rotatable bonds is 4. The molecule has 0 amide bonds. The zero-order valence-electron chi connectivity index (χ0n) is 20.3. The number of aromatic nitrogens is 4. The number of nitrogens with one attached hydrogen (secondary N) is 1.